The van der Waals surface area contributed by atoms with Gasteiger partial charge in [-0.2, -0.15) is 5.10 Å². The highest BCUT2D eigenvalue weighted by atomic mass is 15.3. The zero-order valence-electron chi connectivity index (χ0n) is 13.8. The highest BCUT2D eigenvalue weighted by molar-refractivity contribution is 5.15. The molecule has 1 aromatic rings. The van der Waals surface area contributed by atoms with Crippen molar-refractivity contribution in [2.24, 2.45) is 5.92 Å². The molecule has 2 fully saturated rings. The zero-order chi connectivity index (χ0) is 14.8. The van der Waals surface area contributed by atoms with Crippen LogP contribution in [0.25, 0.3) is 0 Å². The first-order valence-electron chi connectivity index (χ1n) is 8.65. The zero-order valence-corrected chi connectivity index (χ0v) is 13.8. The molecule has 1 saturated carbocycles. The Kier molecular flexibility index (Phi) is 4.65. The van der Waals surface area contributed by atoms with Crippen LogP contribution in [0.4, 0.5) is 0 Å². The first-order valence-corrected chi connectivity index (χ1v) is 8.65. The molecule has 1 saturated heterocycles. The molecule has 0 spiro atoms. The molecule has 1 aliphatic carbocycles. The number of nitrogens with one attached hydrogen (secondary N) is 1. The summed E-state index contributed by atoms with van der Waals surface area (Å²) >= 11 is 0. The fraction of sp³-hybridized carbons (Fsp3) is 0.824. The van der Waals surface area contributed by atoms with Crippen LogP contribution in [0.2, 0.25) is 0 Å². The van der Waals surface area contributed by atoms with Crippen molar-refractivity contribution < 1.29 is 0 Å². The summed E-state index contributed by atoms with van der Waals surface area (Å²) in [5.41, 5.74) is 1.43. The Labute approximate surface area is 128 Å². The summed E-state index contributed by atoms with van der Waals surface area (Å²) in [6.45, 7) is 6.78. The lowest BCUT2D eigenvalue weighted by Gasteiger charge is -2.34. The van der Waals surface area contributed by atoms with E-state index in [-0.39, 0.29) is 0 Å². The van der Waals surface area contributed by atoms with Gasteiger partial charge in [-0.15, -0.1) is 0 Å². The molecule has 118 valence electrons. The average Bonchev–Trinajstić information content (AvgIpc) is 3.21. The van der Waals surface area contributed by atoms with Crippen molar-refractivity contribution in [3.8, 4) is 0 Å². The van der Waals surface area contributed by atoms with E-state index < -0.39 is 0 Å². The lowest BCUT2D eigenvalue weighted by Crippen LogP contribution is -2.37. The minimum Gasteiger partial charge on any atom is -0.319 e. The van der Waals surface area contributed by atoms with Gasteiger partial charge in [-0.3, -0.25) is 9.58 Å². The van der Waals surface area contributed by atoms with Gasteiger partial charge in [0.1, 0.15) is 0 Å². The number of nitrogens with zero attached hydrogens (tertiary/aromatic N) is 3. The first kappa shape index (κ1) is 15.0. The summed E-state index contributed by atoms with van der Waals surface area (Å²) in [7, 11) is 2.08. The molecule has 2 unspecified atom stereocenters. The van der Waals surface area contributed by atoms with Crippen LogP contribution < -0.4 is 5.32 Å². The maximum absolute atomic E-state index is 4.60. The highest BCUT2D eigenvalue weighted by Gasteiger charge is 2.39. The fourth-order valence-corrected chi connectivity index (χ4v) is 3.81. The Balaban J connectivity index is 1.88. The molecular weight excluding hydrogens is 260 g/mol. The van der Waals surface area contributed by atoms with Crippen molar-refractivity contribution in [3.05, 3.63) is 18.0 Å². The second-order valence-electron chi connectivity index (χ2n) is 7.07. The van der Waals surface area contributed by atoms with Crippen LogP contribution in [-0.2, 0) is 0 Å². The molecule has 2 aliphatic rings. The molecular formula is C17H30N4. The smallest absolute Gasteiger partial charge is 0.0537 e. The number of rotatable bonds is 5. The summed E-state index contributed by atoms with van der Waals surface area (Å²) in [6.07, 6.45) is 11.2. The summed E-state index contributed by atoms with van der Waals surface area (Å²) in [5.74, 6) is 0.711. The first-order chi connectivity index (χ1) is 10.2. The Morgan fingerprint density at radius 2 is 2.10 bits per heavy atom. The maximum Gasteiger partial charge on any atom is 0.0537 e. The van der Waals surface area contributed by atoms with Crippen LogP contribution in [0.1, 0.15) is 63.6 Å². The van der Waals surface area contributed by atoms with Gasteiger partial charge in [-0.05, 0) is 65.6 Å². The molecule has 3 rings (SSSR count). The van der Waals surface area contributed by atoms with E-state index in [1.807, 2.05) is 0 Å². The SMILES string of the molecule is CNCC1CCCCN(C2CC2)C1c1cnn(C(C)C)c1. The van der Waals surface area contributed by atoms with E-state index in [2.05, 4.69) is 53.3 Å². The average molecular weight is 290 g/mol. The topological polar surface area (TPSA) is 33.1 Å². The van der Waals surface area contributed by atoms with Crippen LogP contribution in [0.5, 0.6) is 0 Å². The second-order valence-corrected chi connectivity index (χ2v) is 7.07. The van der Waals surface area contributed by atoms with Gasteiger partial charge in [0, 0.05) is 29.9 Å². The number of aromatic nitrogens is 2. The Morgan fingerprint density at radius 1 is 1.29 bits per heavy atom. The van der Waals surface area contributed by atoms with E-state index >= 15 is 0 Å². The molecule has 1 N–H and O–H groups in total. The predicted molar refractivity (Wildman–Crippen MR) is 86.3 cm³/mol. The van der Waals surface area contributed by atoms with Gasteiger partial charge in [0.15, 0.2) is 0 Å². The van der Waals surface area contributed by atoms with E-state index in [4.69, 9.17) is 0 Å². The molecule has 0 bridgehead atoms. The number of hydrogen-bond acceptors (Lipinski definition) is 3. The summed E-state index contributed by atoms with van der Waals surface area (Å²) in [6, 6.07) is 1.83. The van der Waals surface area contributed by atoms with Crippen molar-refractivity contribution in [1.29, 1.82) is 0 Å². The van der Waals surface area contributed by atoms with E-state index in [1.54, 1.807) is 0 Å². The van der Waals surface area contributed by atoms with E-state index in [0.29, 0.717) is 18.0 Å². The maximum atomic E-state index is 4.60. The number of hydrogen-bond donors (Lipinski definition) is 1. The van der Waals surface area contributed by atoms with Crippen LogP contribution in [0.3, 0.4) is 0 Å². The molecule has 2 heterocycles. The van der Waals surface area contributed by atoms with Gasteiger partial charge >= 0.3 is 0 Å². The van der Waals surface area contributed by atoms with Crippen LogP contribution in [0.15, 0.2) is 12.4 Å². The third kappa shape index (κ3) is 3.32. The highest BCUT2D eigenvalue weighted by Crippen LogP contribution is 2.41. The Bertz CT molecular complexity index is 449. The van der Waals surface area contributed by atoms with E-state index in [0.717, 1.165) is 12.6 Å². The van der Waals surface area contributed by atoms with Crippen LogP contribution in [0, 0.1) is 5.92 Å². The summed E-state index contributed by atoms with van der Waals surface area (Å²) in [4.78, 5) is 2.79. The van der Waals surface area contributed by atoms with Gasteiger partial charge in [-0.1, -0.05) is 6.42 Å². The standard InChI is InChI=1S/C17H30N4/c1-13(2)21-12-15(11-19-21)17-14(10-18-3)6-4-5-9-20(17)16-7-8-16/h11-14,16-18H,4-10H2,1-3H3. The minimum absolute atomic E-state index is 0.446. The quantitative estimate of drug-likeness (QED) is 0.905. The third-order valence-corrected chi connectivity index (χ3v) is 5.02. The fourth-order valence-electron chi connectivity index (χ4n) is 3.81. The van der Waals surface area contributed by atoms with Crippen molar-refractivity contribution in [2.45, 2.75) is 64.1 Å². The molecule has 2 atom stereocenters. The van der Waals surface area contributed by atoms with Gasteiger partial charge in [0.25, 0.3) is 0 Å². The second kappa shape index (κ2) is 6.49. The molecule has 1 aromatic heterocycles. The van der Waals surface area contributed by atoms with Crippen LogP contribution >= 0.6 is 0 Å². The minimum atomic E-state index is 0.446. The largest absolute Gasteiger partial charge is 0.319 e. The summed E-state index contributed by atoms with van der Waals surface area (Å²) < 4.78 is 2.11. The van der Waals surface area contributed by atoms with Gasteiger partial charge < -0.3 is 5.32 Å². The van der Waals surface area contributed by atoms with Gasteiger partial charge in [0.2, 0.25) is 0 Å². The van der Waals surface area contributed by atoms with Gasteiger partial charge in [0.05, 0.1) is 6.20 Å². The molecule has 4 nitrogen and oxygen atoms in total. The van der Waals surface area contributed by atoms with Crippen LogP contribution in [-0.4, -0.2) is 40.9 Å². The number of likely N-dealkylation sites (tertiary alicyclic amines) is 1. The molecule has 1 aliphatic heterocycles. The third-order valence-electron chi connectivity index (χ3n) is 5.02. The molecule has 0 radical (unpaired) electrons. The molecule has 21 heavy (non-hydrogen) atoms. The van der Waals surface area contributed by atoms with Crippen molar-refractivity contribution in [2.75, 3.05) is 20.1 Å². The van der Waals surface area contributed by atoms with Gasteiger partial charge in [-0.25, -0.2) is 0 Å². The van der Waals surface area contributed by atoms with E-state index in [1.165, 1.54) is 44.2 Å². The lowest BCUT2D eigenvalue weighted by atomic mass is 9.90. The molecule has 4 heteroatoms. The Morgan fingerprint density at radius 3 is 2.71 bits per heavy atom. The summed E-state index contributed by atoms with van der Waals surface area (Å²) in [5, 5.41) is 8.02. The van der Waals surface area contributed by atoms with Crippen molar-refractivity contribution in [1.82, 2.24) is 20.0 Å². The van der Waals surface area contributed by atoms with Crippen molar-refractivity contribution >= 4 is 0 Å². The Hall–Kier alpha value is -0.870. The van der Waals surface area contributed by atoms with Crippen molar-refractivity contribution in [3.63, 3.8) is 0 Å². The lowest BCUT2D eigenvalue weighted by molar-refractivity contribution is 0.145. The normalized spacial score (nSPS) is 28.0. The monoisotopic (exact) mass is 290 g/mol. The predicted octanol–water partition coefficient (Wildman–Crippen LogP) is 2.99. The molecule has 0 amide bonds. The van der Waals surface area contributed by atoms with E-state index in [9.17, 15) is 0 Å². The molecule has 0 aromatic carbocycles.